The highest BCUT2D eigenvalue weighted by atomic mass is 15.1. The first-order chi connectivity index (χ1) is 30.0. The minimum atomic E-state index is -0.147. The van der Waals surface area contributed by atoms with Crippen molar-refractivity contribution in [1.82, 2.24) is 4.57 Å². The molecule has 1 aliphatic carbocycles. The van der Waals surface area contributed by atoms with Gasteiger partial charge in [0.05, 0.1) is 11.0 Å². The van der Waals surface area contributed by atoms with Crippen LogP contribution >= 0.6 is 0 Å². The molecular weight excluding hydrogens is 749 g/mol. The fraction of sp³-hybridized carbons (Fsp3) is 0.200. The molecule has 2 heteroatoms. The van der Waals surface area contributed by atoms with Crippen LogP contribution in [0.4, 0.5) is 17.1 Å². The molecule has 9 aromatic rings. The zero-order valence-corrected chi connectivity index (χ0v) is 37.2. The average molecular weight is 805 g/mol. The molecule has 0 saturated carbocycles. The van der Waals surface area contributed by atoms with E-state index in [1.54, 1.807) is 0 Å². The highest BCUT2D eigenvalue weighted by Crippen LogP contribution is 2.52. The van der Waals surface area contributed by atoms with E-state index in [0.717, 1.165) is 17.1 Å². The predicted octanol–water partition coefficient (Wildman–Crippen LogP) is 17.1. The van der Waals surface area contributed by atoms with Crippen LogP contribution in [-0.4, -0.2) is 4.57 Å². The monoisotopic (exact) mass is 804 g/mol. The molecular formula is C60H56N2. The number of fused-ring (bicyclic) bond motifs is 6. The first kappa shape index (κ1) is 39.5. The standard InChI is InChI=1S/C60H56N2/c1-40(2)36-54(59(3,4)5)45-26-33-50-51-34-32-49(39-56(51)60(6,7)55(50)38-45)61(47-28-22-42(23-29-47)41-16-10-8-11-17-41)48-30-24-43(25-31-48)44-27-35-58-53(37-44)52-20-14-15-21-57(52)62(58)46-18-12-9-13-19-46/h8-35,37-40,54H,36H2,1-7H3. The molecule has 0 amide bonds. The molecule has 1 aliphatic rings. The smallest absolute Gasteiger partial charge is 0.0541 e. The van der Waals surface area contributed by atoms with Crippen LogP contribution < -0.4 is 4.90 Å². The maximum Gasteiger partial charge on any atom is 0.0541 e. The van der Waals surface area contributed by atoms with Crippen molar-refractivity contribution in [3.05, 3.63) is 205 Å². The quantitative estimate of drug-likeness (QED) is 0.141. The summed E-state index contributed by atoms with van der Waals surface area (Å²) in [4.78, 5) is 2.43. The van der Waals surface area contributed by atoms with Crippen molar-refractivity contribution < 1.29 is 0 Å². The number of benzene rings is 8. The van der Waals surface area contributed by atoms with E-state index in [0.29, 0.717) is 11.8 Å². The van der Waals surface area contributed by atoms with E-state index >= 15 is 0 Å². The molecule has 0 N–H and O–H groups in total. The van der Waals surface area contributed by atoms with E-state index < -0.39 is 0 Å². The lowest BCUT2D eigenvalue weighted by molar-refractivity contribution is 0.280. The van der Waals surface area contributed by atoms with Crippen molar-refractivity contribution in [1.29, 1.82) is 0 Å². The van der Waals surface area contributed by atoms with Crippen LogP contribution in [0.15, 0.2) is 188 Å². The van der Waals surface area contributed by atoms with Crippen molar-refractivity contribution in [2.45, 2.75) is 66.2 Å². The molecule has 0 radical (unpaired) electrons. The van der Waals surface area contributed by atoms with Crippen molar-refractivity contribution in [3.63, 3.8) is 0 Å². The number of hydrogen-bond donors (Lipinski definition) is 0. The van der Waals surface area contributed by atoms with Crippen molar-refractivity contribution in [3.8, 4) is 39.1 Å². The second-order valence-corrected chi connectivity index (χ2v) is 19.4. The van der Waals surface area contributed by atoms with Gasteiger partial charge in [-0.3, -0.25) is 0 Å². The molecule has 0 aliphatic heterocycles. The fourth-order valence-corrected chi connectivity index (χ4v) is 10.3. The number of anilines is 3. The third-order valence-electron chi connectivity index (χ3n) is 13.5. The van der Waals surface area contributed by atoms with Crippen LogP contribution in [0.2, 0.25) is 0 Å². The topological polar surface area (TPSA) is 8.17 Å². The van der Waals surface area contributed by atoms with Crippen LogP contribution in [0.25, 0.3) is 60.9 Å². The minimum absolute atomic E-state index is 0.147. The van der Waals surface area contributed by atoms with Gasteiger partial charge in [0.25, 0.3) is 0 Å². The highest BCUT2D eigenvalue weighted by Gasteiger charge is 2.38. The number of nitrogens with zero attached hydrogens (tertiary/aromatic N) is 2. The van der Waals surface area contributed by atoms with Gasteiger partial charge in [-0.15, -0.1) is 0 Å². The summed E-state index contributed by atoms with van der Waals surface area (Å²) in [6.07, 6.45) is 1.18. The molecule has 62 heavy (non-hydrogen) atoms. The summed E-state index contributed by atoms with van der Waals surface area (Å²) in [5, 5.41) is 2.52. The third-order valence-corrected chi connectivity index (χ3v) is 13.5. The molecule has 0 spiro atoms. The molecule has 1 heterocycles. The second-order valence-electron chi connectivity index (χ2n) is 19.4. The number of hydrogen-bond acceptors (Lipinski definition) is 1. The van der Waals surface area contributed by atoms with Gasteiger partial charge in [0.1, 0.15) is 0 Å². The maximum atomic E-state index is 2.54. The Bertz CT molecular complexity index is 3050. The van der Waals surface area contributed by atoms with Gasteiger partial charge in [-0.2, -0.15) is 0 Å². The zero-order chi connectivity index (χ0) is 42.8. The van der Waals surface area contributed by atoms with Gasteiger partial charge in [0.2, 0.25) is 0 Å². The second kappa shape index (κ2) is 15.4. The van der Waals surface area contributed by atoms with Gasteiger partial charge in [0, 0.05) is 38.9 Å². The van der Waals surface area contributed by atoms with Gasteiger partial charge in [-0.25, -0.2) is 0 Å². The Morgan fingerprint density at radius 2 is 1.00 bits per heavy atom. The largest absolute Gasteiger partial charge is 0.310 e. The molecule has 8 aromatic carbocycles. The fourth-order valence-electron chi connectivity index (χ4n) is 10.3. The Kier molecular flexibility index (Phi) is 9.79. The van der Waals surface area contributed by atoms with E-state index in [9.17, 15) is 0 Å². The summed E-state index contributed by atoms with van der Waals surface area (Å²) < 4.78 is 2.38. The van der Waals surface area contributed by atoms with E-state index in [-0.39, 0.29) is 10.8 Å². The van der Waals surface area contributed by atoms with Crippen LogP contribution in [0.5, 0.6) is 0 Å². The Hall–Kier alpha value is -6.64. The summed E-state index contributed by atoms with van der Waals surface area (Å²) in [5.74, 6) is 1.13. The van der Waals surface area contributed by atoms with Crippen LogP contribution in [0.1, 0.15) is 77.5 Å². The van der Waals surface area contributed by atoms with Crippen molar-refractivity contribution >= 4 is 38.9 Å². The predicted molar refractivity (Wildman–Crippen MR) is 266 cm³/mol. The number of aromatic nitrogens is 1. The Labute approximate surface area is 368 Å². The summed E-state index contributed by atoms with van der Waals surface area (Å²) in [6, 6.07) is 69.7. The van der Waals surface area contributed by atoms with Crippen molar-refractivity contribution in [2.24, 2.45) is 11.3 Å². The van der Waals surface area contributed by atoms with Gasteiger partial charge in [-0.1, -0.05) is 170 Å². The lowest BCUT2D eigenvalue weighted by Gasteiger charge is -2.34. The van der Waals surface area contributed by atoms with E-state index in [1.807, 2.05) is 0 Å². The maximum absolute atomic E-state index is 2.54. The number of rotatable bonds is 9. The first-order valence-electron chi connectivity index (χ1n) is 22.4. The zero-order valence-electron chi connectivity index (χ0n) is 37.2. The highest BCUT2D eigenvalue weighted by molar-refractivity contribution is 6.10. The lowest BCUT2D eigenvalue weighted by atomic mass is 9.71. The average Bonchev–Trinajstić information content (AvgIpc) is 3.73. The first-order valence-corrected chi connectivity index (χ1v) is 22.4. The molecule has 10 rings (SSSR count). The van der Waals surface area contributed by atoms with Gasteiger partial charge in [0.15, 0.2) is 0 Å². The van der Waals surface area contributed by atoms with E-state index in [4.69, 9.17) is 0 Å². The normalized spacial score (nSPS) is 13.7. The Morgan fingerprint density at radius 1 is 0.484 bits per heavy atom. The summed E-state index contributed by atoms with van der Waals surface area (Å²) >= 11 is 0. The number of para-hydroxylation sites is 2. The lowest BCUT2D eigenvalue weighted by Crippen LogP contribution is -2.21. The van der Waals surface area contributed by atoms with Crippen LogP contribution in [0.3, 0.4) is 0 Å². The molecule has 306 valence electrons. The Morgan fingerprint density at radius 3 is 1.65 bits per heavy atom. The van der Waals surface area contributed by atoms with Gasteiger partial charge >= 0.3 is 0 Å². The molecule has 1 atom stereocenters. The van der Waals surface area contributed by atoms with E-state index in [1.165, 1.54) is 84.0 Å². The van der Waals surface area contributed by atoms with Crippen LogP contribution in [0, 0.1) is 11.3 Å². The summed E-state index contributed by atoms with van der Waals surface area (Å²) in [7, 11) is 0. The molecule has 0 fully saturated rings. The summed E-state index contributed by atoms with van der Waals surface area (Å²) in [6.45, 7) is 16.7. The third kappa shape index (κ3) is 6.92. The van der Waals surface area contributed by atoms with Gasteiger partial charge < -0.3 is 9.47 Å². The molecule has 0 saturated heterocycles. The summed E-state index contributed by atoms with van der Waals surface area (Å²) in [5.41, 5.74) is 18.9. The Balaban J connectivity index is 1.05. The van der Waals surface area contributed by atoms with E-state index in [2.05, 4.69) is 246 Å². The van der Waals surface area contributed by atoms with Crippen LogP contribution in [-0.2, 0) is 5.41 Å². The molecule has 2 nitrogen and oxygen atoms in total. The molecule has 0 bridgehead atoms. The van der Waals surface area contributed by atoms with Gasteiger partial charge in [-0.05, 0) is 140 Å². The molecule has 1 unspecified atom stereocenters. The molecule has 1 aromatic heterocycles. The minimum Gasteiger partial charge on any atom is -0.310 e. The SMILES string of the molecule is CC(C)CC(c1ccc2c(c1)C(C)(C)c1cc(N(c3ccc(-c4ccccc4)cc3)c3ccc(-c4ccc5c(c4)c4ccccc4n5-c4ccccc4)cc3)ccc1-2)C(C)(C)C. The van der Waals surface area contributed by atoms with Crippen molar-refractivity contribution in [2.75, 3.05) is 4.90 Å².